The molecule has 0 saturated carbocycles. The van der Waals surface area contributed by atoms with E-state index in [9.17, 15) is 9.59 Å². The summed E-state index contributed by atoms with van der Waals surface area (Å²) in [7, 11) is 0. The molecule has 1 aliphatic rings. The lowest BCUT2D eigenvalue weighted by molar-refractivity contribution is -0.135. The van der Waals surface area contributed by atoms with Crippen molar-refractivity contribution in [3.8, 4) is 0 Å². The first kappa shape index (κ1) is 23.2. The first-order valence-electron chi connectivity index (χ1n) is 11.4. The van der Waals surface area contributed by atoms with Crippen LogP contribution in [0.3, 0.4) is 0 Å². The normalized spacial score (nSPS) is 16.0. The summed E-state index contributed by atoms with van der Waals surface area (Å²) in [5.41, 5.74) is 2.79. The van der Waals surface area contributed by atoms with Crippen LogP contribution in [0, 0.1) is 0 Å². The number of nitrogens with zero attached hydrogens (tertiary/aromatic N) is 4. The Hall–Kier alpha value is -4.00. The lowest BCUT2D eigenvalue weighted by Gasteiger charge is -2.33. The fourth-order valence-corrected chi connectivity index (χ4v) is 4.02. The number of hydrogen-bond acceptors (Lipinski definition) is 6. The molecule has 174 valence electrons. The minimum Gasteiger partial charge on any atom is -0.461 e. The van der Waals surface area contributed by atoms with Crippen LogP contribution < -0.4 is 5.01 Å². The summed E-state index contributed by atoms with van der Waals surface area (Å²) in [6.07, 6.45) is 1.90. The summed E-state index contributed by atoms with van der Waals surface area (Å²) >= 11 is 0. The maximum absolute atomic E-state index is 14.1. The topological polar surface area (TPSA) is 75.1 Å². The lowest BCUT2D eigenvalue weighted by Crippen LogP contribution is -2.46. The van der Waals surface area contributed by atoms with Crippen molar-refractivity contribution in [2.75, 3.05) is 11.6 Å². The van der Waals surface area contributed by atoms with Crippen LogP contribution in [-0.4, -0.2) is 40.1 Å². The molecular formula is C27H28N4O3. The van der Waals surface area contributed by atoms with E-state index in [0.717, 1.165) is 16.9 Å². The standard InChI is InChI=1S/C27H28N4O3/c1-3-34-27(33)24-18-25(31(29-24)22-14-8-5-9-15-22)26(32)30(19-21-12-6-4-7-13-21)20(2)23-16-10-11-17-28-23/h4-17,20,25H,3,18-19H2,1-2H3. The Kier molecular flexibility index (Phi) is 7.32. The summed E-state index contributed by atoms with van der Waals surface area (Å²) in [6.45, 7) is 4.38. The van der Waals surface area contributed by atoms with Crippen molar-refractivity contribution in [2.45, 2.75) is 38.9 Å². The monoisotopic (exact) mass is 456 g/mol. The van der Waals surface area contributed by atoms with E-state index in [1.54, 1.807) is 18.1 Å². The quantitative estimate of drug-likeness (QED) is 0.471. The number of ether oxygens (including phenoxy) is 1. The predicted molar refractivity (Wildman–Crippen MR) is 131 cm³/mol. The van der Waals surface area contributed by atoms with Gasteiger partial charge in [-0.2, -0.15) is 5.10 Å². The van der Waals surface area contributed by atoms with Crippen LogP contribution in [0.15, 0.2) is 90.2 Å². The minimum atomic E-state index is -0.670. The van der Waals surface area contributed by atoms with E-state index >= 15 is 0 Å². The zero-order valence-corrected chi connectivity index (χ0v) is 19.4. The minimum absolute atomic E-state index is 0.131. The van der Waals surface area contributed by atoms with E-state index in [1.807, 2.05) is 90.7 Å². The fourth-order valence-electron chi connectivity index (χ4n) is 4.02. The second-order valence-corrected chi connectivity index (χ2v) is 8.05. The van der Waals surface area contributed by atoms with Gasteiger partial charge in [-0.1, -0.05) is 54.6 Å². The maximum atomic E-state index is 14.1. The smallest absolute Gasteiger partial charge is 0.354 e. The molecule has 0 saturated heterocycles. The van der Waals surface area contributed by atoms with Crippen molar-refractivity contribution in [3.63, 3.8) is 0 Å². The van der Waals surface area contributed by atoms with Gasteiger partial charge in [-0.3, -0.25) is 14.8 Å². The number of pyridine rings is 1. The molecule has 34 heavy (non-hydrogen) atoms. The van der Waals surface area contributed by atoms with Gasteiger partial charge in [0, 0.05) is 19.2 Å². The Bertz CT molecular complexity index is 1140. The molecule has 0 aliphatic carbocycles. The molecule has 2 aromatic carbocycles. The number of esters is 1. The Labute approximate surface area is 199 Å². The summed E-state index contributed by atoms with van der Waals surface area (Å²) < 4.78 is 5.18. The van der Waals surface area contributed by atoms with Gasteiger partial charge >= 0.3 is 5.97 Å². The average Bonchev–Trinajstić information content (AvgIpc) is 3.34. The second kappa shape index (κ2) is 10.7. The SMILES string of the molecule is CCOC(=O)C1=NN(c2ccccc2)C(C(=O)N(Cc2ccccc2)C(C)c2ccccn2)C1. The van der Waals surface area contributed by atoms with E-state index in [4.69, 9.17) is 4.74 Å². The first-order chi connectivity index (χ1) is 16.6. The number of carbonyl (C=O) groups is 2. The molecule has 7 nitrogen and oxygen atoms in total. The number of aromatic nitrogens is 1. The molecule has 0 radical (unpaired) electrons. The van der Waals surface area contributed by atoms with Crippen molar-refractivity contribution < 1.29 is 14.3 Å². The Morgan fingerprint density at radius 2 is 1.71 bits per heavy atom. The van der Waals surface area contributed by atoms with Gasteiger partial charge in [0.15, 0.2) is 0 Å². The van der Waals surface area contributed by atoms with Crippen LogP contribution in [0.2, 0.25) is 0 Å². The number of rotatable bonds is 8. The van der Waals surface area contributed by atoms with Gasteiger partial charge in [0.05, 0.1) is 24.0 Å². The van der Waals surface area contributed by atoms with E-state index in [2.05, 4.69) is 10.1 Å². The van der Waals surface area contributed by atoms with Crippen LogP contribution in [-0.2, 0) is 20.9 Å². The Balaban J connectivity index is 1.69. The third kappa shape index (κ3) is 5.14. The summed E-state index contributed by atoms with van der Waals surface area (Å²) in [6, 6.07) is 24.0. The highest BCUT2D eigenvalue weighted by Gasteiger charge is 2.40. The molecule has 4 rings (SSSR count). The van der Waals surface area contributed by atoms with E-state index < -0.39 is 12.0 Å². The fraction of sp³-hybridized carbons (Fsp3) is 0.259. The highest BCUT2D eigenvalue weighted by Crippen LogP contribution is 2.30. The zero-order valence-electron chi connectivity index (χ0n) is 19.4. The van der Waals surface area contributed by atoms with Gasteiger partial charge < -0.3 is 9.64 Å². The Morgan fingerprint density at radius 1 is 1.03 bits per heavy atom. The van der Waals surface area contributed by atoms with E-state index in [1.165, 1.54) is 0 Å². The number of amides is 1. The van der Waals surface area contributed by atoms with Gasteiger partial charge in [-0.25, -0.2) is 4.79 Å². The van der Waals surface area contributed by atoms with Gasteiger partial charge in [-0.15, -0.1) is 0 Å². The molecule has 2 unspecified atom stereocenters. The number of benzene rings is 2. The molecule has 7 heteroatoms. The van der Waals surface area contributed by atoms with E-state index in [0.29, 0.717) is 6.54 Å². The number of anilines is 1. The van der Waals surface area contributed by atoms with Crippen LogP contribution in [0.1, 0.15) is 37.6 Å². The number of hydrazone groups is 1. The van der Waals surface area contributed by atoms with E-state index in [-0.39, 0.29) is 30.7 Å². The van der Waals surface area contributed by atoms with Gasteiger partial charge in [0.25, 0.3) is 0 Å². The first-order valence-corrected chi connectivity index (χ1v) is 11.4. The lowest BCUT2D eigenvalue weighted by atomic mass is 10.0. The largest absolute Gasteiger partial charge is 0.461 e. The zero-order chi connectivity index (χ0) is 23.9. The van der Waals surface area contributed by atoms with Crippen LogP contribution in [0.25, 0.3) is 0 Å². The second-order valence-electron chi connectivity index (χ2n) is 8.05. The van der Waals surface area contributed by atoms with Crippen molar-refractivity contribution in [3.05, 3.63) is 96.3 Å². The van der Waals surface area contributed by atoms with Crippen molar-refractivity contribution in [1.82, 2.24) is 9.88 Å². The van der Waals surface area contributed by atoms with Gasteiger partial charge in [0.1, 0.15) is 11.8 Å². The molecule has 0 bridgehead atoms. The number of para-hydroxylation sites is 1. The van der Waals surface area contributed by atoms with Crippen LogP contribution in [0.5, 0.6) is 0 Å². The molecular weight excluding hydrogens is 428 g/mol. The molecule has 0 fully saturated rings. The summed E-state index contributed by atoms with van der Waals surface area (Å²) in [5, 5.41) is 6.15. The third-order valence-corrected chi connectivity index (χ3v) is 5.79. The molecule has 2 atom stereocenters. The van der Waals surface area contributed by atoms with Gasteiger partial charge in [-0.05, 0) is 43.7 Å². The molecule has 0 spiro atoms. The predicted octanol–water partition coefficient (Wildman–Crippen LogP) is 4.37. The Morgan fingerprint density at radius 3 is 2.35 bits per heavy atom. The maximum Gasteiger partial charge on any atom is 0.354 e. The highest BCUT2D eigenvalue weighted by molar-refractivity contribution is 6.38. The van der Waals surface area contributed by atoms with Crippen molar-refractivity contribution in [2.24, 2.45) is 5.10 Å². The third-order valence-electron chi connectivity index (χ3n) is 5.79. The number of hydrogen-bond donors (Lipinski definition) is 0. The van der Waals surface area contributed by atoms with Gasteiger partial charge in [0.2, 0.25) is 5.91 Å². The molecule has 0 N–H and O–H groups in total. The molecule has 1 amide bonds. The molecule has 2 heterocycles. The highest BCUT2D eigenvalue weighted by atomic mass is 16.5. The van der Waals surface area contributed by atoms with Crippen LogP contribution >= 0.6 is 0 Å². The molecule has 1 aromatic heterocycles. The van der Waals surface area contributed by atoms with Crippen LogP contribution in [0.4, 0.5) is 5.69 Å². The average molecular weight is 457 g/mol. The molecule has 1 aliphatic heterocycles. The molecule has 3 aromatic rings. The summed E-state index contributed by atoms with van der Waals surface area (Å²) in [4.78, 5) is 32.9. The van der Waals surface area contributed by atoms with Crippen molar-refractivity contribution >= 4 is 23.3 Å². The van der Waals surface area contributed by atoms with Crippen molar-refractivity contribution in [1.29, 1.82) is 0 Å². The number of carbonyl (C=O) groups excluding carboxylic acids is 2. The summed E-state index contributed by atoms with van der Waals surface area (Å²) in [5.74, 6) is -0.625.